The summed E-state index contributed by atoms with van der Waals surface area (Å²) in [5.74, 6) is 11.1. The molecule has 4 aliphatic rings. The Balaban J connectivity index is 0.000000168. The number of H-pyrrole nitrogens is 1. The van der Waals surface area contributed by atoms with Crippen molar-refractivity contribution in [2.75, 3.05) is 46.9 Å². The van der Waals surface area contributed by atoms with Crippen molar-refractivity contribution in [2.45, 2.75) is 101 Å². The Morgan fingerprint density at radius 1 is 0.643 bits per heavy atom. The number of anilines is 2. The van der Waals surface area contributed by atoms with Gasteiger partial charge in [0, 0.05) is 38.6 Å². The zero-order valence-corrected chi connectivity index (χ0v) is 35.7. The summed E-state index contributed by atoms with van der Waals surface area (Å²) in [5, 5.41) is 1.91. The lowest BCUT2D eigenvalue weighted by atomic mass is 9.86. The van der Waals surface area contributed by atoms with Crippen LogP contribution in [-0.2, 0) is 10.0 Å². The van der Waals surface area contributed by atoms with Gasteiger partial charge in [0.1, 0.15) is 29.9 Å². The van der Waals surface area contributed by atoms with E-state index in [4.69, 9.17) is 0 Å². The molecule has 0 saturated heterocycles. The van der Waals surface area contributed by atoms with Gasteiger partial charge in [0.2, 0.25) is 0 Å². The molecular formula is C43H58N8O2S3. The molecule has 4 fully saturated rings. The number of nitrogens with zero attached hydrogens (tertiary/aromatic N) is 7. The lowest BCUT2D eigenvalue weighted by Crippen LogP contribution is -2.36. The number of nitrogens with one attached hydrogen (secondary N) is 1. The SMILES string of the molecule is CN(c1ncnc2[nH]ccc12)C1CCC(CSCC2CC2)CC1.Cc1ccc(S(=O)(=O)n2ccc3c(N(C)C4CCC(CSCC5CC5)CC4)ncnc32)cc1. The van der Waals surface area contributed by atoms with Crippen LogP contribution in [0.25, 0.3) is 22.1 Å². The van der Waals surface area contributed by atoms with Crippen molar-refractivity contribution in [3.8, 4) is 0 Å². The van der Waals surface area contributed by atoms with Gasteiger partial charge in [0.05, 0.1) is 15.7 Å². The van der Waals surface area contributed by atoms with E-state index in [1.54, 1.807) is 24.7 Å². The maximum atomic E-state index is 13.3. The summed E-state index contributed by atoms with van der Waals surface area (Å²) in [4.78, 5) is 25.8. The third-order valence-electron chi connectivity index (χ3n) is 12.5. The fourth-order valence-electron chi connectivity index (χ4n) is 8.47. The molecular weight excluding hydrogens is 757 g/mol. The molecule has 1 aromatic carbocycles. The zero-order chi connectivity index (χ0) is 38.6. The number of hydrogen-bond donors (Lipinski definition) is 1. The summed E-state index contributed by atoms with van der Waals surface area (Å²) in [7, 11) is 0.561. The van der Waals surface area contributed by atoms with Crippen LogP contribution in [-0.4, -0.2) is 86.5 Å². The third-order valence-corrected chi connectivity index (χ3v) is 17.1. The van der Waals surface area contributed by atoms with E-state index in [1.165, 1.54) is 97.5 Å². The first-order valence-electron chi connectivity index (χ1n) is 20.8. The highest BCUT2D eigenvalue weighted by molar-refractivity contribution is 7.99. The zero-order valence-electron chi connectivity index (χ0n) is 33.2. The summed E-state index contributed by atoms with van der Waals surface area (Å²) in [6.07, 6.45) is 22.7. The second-order valence-corrected chi connectivity index (χ2v) is 20.8. The molecule has 10 nitrogen and oxygen atoms in total. The molecule has 56 heavy (non-hydrogen) atoms. The average Bonchev–Trinajstić information content (AvgIpc) is 4.13. The second-order valence-electron chi connectivity index (χ2n) is 16.8. The van der Waals surface area contributed by atoms with Gasteiger partial charge in [0.15, 0.2) is 5.65 Å². The van der Waals surface area contributed by atoms with E-state index in [0.29, 0.717) is 17.7 Å². The molecule has 4 heterocycles. The first-order chi connectivity index (χ1) is 27.2. The van der Waals surface area contributed by atoms with Gasteiger partial charge in [-0.1, -0.05) is 17.7 Å². The van der Waals surface area contributed by atoms with Crippen molar-refractivity contribution in [2.24, 2.45) is 23.7 Å². The number of aromatic amines is 1. The van der Waals surface area contributed by atoms with E-state index in [2.05, 4.69) is 78.4 Å². The highest BCUT2D eigenvalue weighted by Crippen LogP contribution is 2.38. The molecule has 1 N–H and O–H groups in total. The number of aromatic nitrogens is 6. The minimum atomic E-state index is -3.72. The first kappa shape index (κ1) is 39.5. The fraction of sp³-hybridized carbons (Fsp3) is 0.581. The Labute approximate surface area is 341 Å². The minimum Gasteiger partial charge on any atom is -0.356 e. The van der Waals surface area contributed by atoms with Crippen molar-refractivity contribution in [1.82, 2.24) is 28.9 Å². The summed E-state index contributed by atoms with van der Waals surface area (Å²) in [5.41, 5.74) is 2.39. The summed E-state index contributed by atoms with van der Waals surface area (Å²) >= 11 is 4.35. The number of benzene rings is 1. The summed E-state index contributed by atoms with van der Waals surface area (Å²) in [6, 6.07) is 11.9. The number of fused-ring (bicyclic) bond motifs is 2. The molecule has 4 aliphatic carbocycles. The van der Waals surface area contributed by atoms with Crippen molar-refractivity contribution in [1.29, 1.82) is 0 Å². The number of rotatable bonds is 14. The molecule has 0 aliphatic heterocycles. The molecule has 0 spiro atoms. The first-order valence-corrected chi connectivity index (χ1v) is 24.5. The van der Waals surface area contributed by atoms with E-state index in [9.17, 15) is 8.42 Å². The molecule has 13 heteroatoms. The average molecular weight is 815 g/mol. The Morgan fingerprint density at radius 2 is 1.12 bits per heavy atom. The minimum absolute atomic E-state index is 0.261. The van der Waals surface area contributed by atoms with Crippen LogP contribution >= 0.6 is 23.5 Å². The van der Waals surface area contributed by atoms with Gasteiger partial charge in [-0.2, -0.15) is 23.5 Å². The molecule has 0 radical (unpaired) electrons. The van der Waals surface area contributed by atoms with Crippen LogP contribution in [0.2, 0.25) is 0 Å². The smallest absolute Gasteiger partial charge is 0.269 e. The highest BCUT2D eigenvalue weighted by Gasteiger charge is 2.30. The van der Waals surface area contributed by atoms with Crippen LogP contribution < -0.4 is 9.80 Å². The molecule has 300 valence electrons. The van der Waals surface area contributed by atoms with E-state index in [1.807, 2.05) is 31.3 Å². The summed E-state index contributed by atoms with van der Waals surface area (Å²) in [6.45, 7) is 1.94. The van der Waals surface area contributed by atoms with E-state index >= 15 is 0 Å². The molecule has 5 aromatic rings. The van der Waals surface area contributed by atoms with Gasteiger partial charge in [-0.05, 0) is 155 Å². The highest BCUT2D eigenvalue weighted by atomic mass is 32.2. The van der Waals surface area contributed by atoms with Crippen molar-refractivity contribution in [3.63, 3.8) is 0 Å². The number of hydrogen-bond acceptors (Lipinski definition) is 10. The van der Waals surface area contributed by atoms with Gasteiger partial charge >= 0.3 is 0 Å². The predicted octanol–water partition coefficient (Wildman–Crippen LogP) is 9.21. The van der Waals surface area contributed by atoms with Gasteiger partial charge in [-0.25, -0.2) is 32.3 Å². The maximum Gasteiger partial charge on any atom is 0.269 e. The van der Waals surface area contributed by atoms with Crippen LogP contribution in [0, 0.1) is 30.6 Å². The van der Waals surface area contributed by atoms with E-state index in [-0.39, 0.29) is 4.90 Å². The molecule has 4 aromatic heterocycles. The Hall–Kier alpha value is -3.29. The second kappa shape index (κ2) is 17.7. The predicted molar refractivity (Wildman–Crippen MR) is 234 cm³/mol. The van der Waals surface area contributed by atoms with Crippen LogP contribution in [0.4, 0.5) is 11.6 Å². The molecule has 0 unspecified atom stereocenters. The third kappa shape index (κ3) is 9.36. The molecule has 4 saturated carbocycles. The van der Waals surface area contributed by atoms with Gasteiger partial charge < -0.3 is 14.8 Å². The lowest BCUT2D eigenvalue weighted by Gasteiger charge is -2.35. The fourth-order valence-corrected chi connectivity index (χ4v) is 12.7. The van der Waals surface area contributed by atoms with Gasteiger partial charge in [0.25, 0.3) is 10.0 Å². The van der Waals surface area contributed by atoms with Gasteiger partial charge in [-0.15, -0.1) is 0 Å². The largest absolute Gasteiger partial charge is 0.356 e. The Morgan fingerprint density at radius 3 is 1.64 bits per heavy atom. The summed E-state index contributed by atoms with van der Waals surface area (Å²) < 4.78 is 27.8. The van der Waals surface area contributed by atoms with Crippen molar-refractivity contribution < 1.29 is 8.42 Å². The van der Waals surface area contributed by atoms with Crippen molar-refractivity contribution in [3.05, 3.63) is 67.0 Å². The Kier molecular flexibility index (Phi) is 12.5. The topological polar surface area (TPSA) is 113 Å². The maximum absolute atomic E-state index is 13.3. The van der Waals surface area contributed by atoms with Crippen LogP contribution in [0.5, 0.6) is 0 Å². The van der Waals surface area contributed by atoms with E-state index in [0.717, 1.165) is 70.1 Å². The van der Waals surface area contributed by atoms with E-state index < -0.39 is 10.0 Å². The standard InChI is InChI=1S/C25H32N4O2S2.C18H26N4S/c1-18-3-11-22(12-4-18)33(30,31)29-14-13-23-24(26-17-27-25(23)29)28(2)21-9-7-20(8-10-21)16-32-15-19-5-6-19;1-22(18-16-8-9-19-17(16)20-12-21-18)15-6-4-14(5-7-15)11-23-10-13-2-3-13/h3-4,11-14,17,19-21H,5-10,15-16H2,1-2H3;8-9,12-15H,2-7,10-11H2,1H3,(H,19,20,21). The lowest BCUT2D eigenvalue weighted by molar-refractivity contribution is 0.344. The molecule has 0 amide bonds. The van der Waals surface area contributed by atoms with Crippen molar-refractivity contribution >= 4 is 67.2 Å². The monoisotopic (exact) mass is 814 g/mol. The molecule has 9 rings (SSSR count). The molecule has 0 atom stereocenters. The quantitative estimate of drug-likeness (QED) is 0.116. The van der Waals surface area contributed by atoms with Gasteiger partial charge in [-0.3, -0.25) is 0 Å². The van der Waals surface area contributed by atoms with Crippen LogP contribution in [0.1, 0.15) is 82.6 Å². The van der Waals surface area contributed by atoms with Crippen LogP contribution in [0.3, 0.4) is 0 Å². The normalized spacial score (nSPS) is 22.8. The van der Waals surface area contributed by atoms with Crippen LogP contribution in [0.15, 0.2) is 66.3 Å². The number of thioether (sulfide) groups is 2. The Bertz CT molecular complexity index is 2150. The number of aryl methyl sites for hydroxylation is 1. The molecule has 0 bridgehead atoms.